The lowest BCUT2D eigenvalue weighted by Crippen LogP contribution is -2.65. The Labute approximate surface area is 177 Å². The van der Waals surface area contributed by atoms with Crippen molar-refractivity contribution in [1.82, 2.24) is 15.6 Å². The number of esters is 1. The SMILES string of the molecule is CCOC(=O)c1sc(C(C)NC(=NC)NC2CC(OCC)C23CCCC3)nc1C. The molecule has 162 valence electrons. The number of aromatic nitrogens is 1. The molecule has 0 aliphatic heterocycles. The molecule has 29 heavy (non-hydrogen) atoms. The summed E-state index contributed by atoms with van der Waals surface area (Å²) in [5.41, 5.74) is 0.953. The molecule has 1 aromatic heterocycles. The van der Waals surface area contributed by atoms with Crippen molar-refractivity contribution in [3.05, 3.63) is 15.6 Å². The molecule has 0 saturated heterocycles. The van der Waals surface area contributed by atoms with Gasteiger partial charge in [-0.25, -0.2) is 9.78 Å². The van der Waals surface area contributed by atoms with Gasteiger partial charge in [0, 0.05) is 25.1 Å². The third-order valence-corrected chi connectivity index (χ3v) is 7.54. The molecule has 2 fully saturated rings. The van der Waals surface area contributed by atoms with Crippen LogP contribution in [0.15, 0.2) is 4.99 Å². The molecule has 1 aromatic rings. The van der Waals surface area contributed by atoms with Gasteiger partial charge in [-0.1, -0.05) is 12.8 Å². The Kier molecular flexibility index (Phi) is 7.16. The molecule has 3 atom stereocenters. The van der Waals surface area contributed by atoms with E-state index in [-0.39, 0.29) is 17.4 Å². The van der Waals surface area contributed by atoms with Crippen LogP contribution in [0.25, 0.3) is 0 Å². The van der Waals surface area contributed by atoms with Crippen LogP contribution in [0.1, 0.15) is 79.3 Å². The van der Waals surface area contributed by atoms with Crippen LogP contribution in [0.3, 0.4) is 0 Å². The smallest absolute Gasteiger partial charge is 0.350 e. The van der Waals surface area contributed by atoms with Gasteiger partial charge in [0.2, 0.25) is 0 Å². The van der Waals surface area contributed by atoms with Crippen molar-refractivity contribution >= 4 is 23.3 Å². The highest BCUT2D eigenvalue weighted by molar-refractivity contribution is 7.13. The van der Waals surface area contributed by atoms with Crippen LogP contribution < -0.4 is 10.6 Å². The summed E-state index contributed by atoms with van der Waals surface area (Å²) in [6.07, 6.45) is 6.37. The first kappa shape index (κ1) is 22.0. The number of carbonyl (C=O) groups is 1. The molecular formula is C21H34N4O3S. The maximum absolute atomic E-state index is 12.1. The number of hydrogen-bond acceptors (Lipinski definition) is 6. The third kappa shape index (κ3) is 4.43. The molecule has 1 heterocycles. The number of aryl methyl sites for hydroxylation is 1. The van der Waals surface area contributed by atoms with Gasteiger partial charge in [0.05, 0.1) is 24.4 Å². The lowest BCUT2D eigenvalue weighted by molar-refractivity contribution is -0.125. The van der Waals surface area contributed by atoms with Crippen LogP contribution in [0.4, 0.5) is 0 Å². The second-order valence-electron chi connectivity index (χ2n) is 7.94. The highest BCUT2D eigenvalue weighted by Crippen LogP contribution is 2.54. The number of rotatable bonds is 7. The van der Waals surface area contributed by atoms with Crippen molar-refractivity contribution in [2.75, 3.05) is 20.3 Å². The maximum atomic E-state index is 12.1. The zero-order valence-electron chi connectivity index (χ0n) is 18.2. The monoisotopic (exact) mass is 422 g/mol. The first-order valence-corrected chi connectivity index (χ1v) is 11.5. The molecular weight excluding hydrogens is 388 g/mol. The van der Waals surface area contributed by atoms with Crippen LogP contribution in [0, 0.1) is 12.3 Å². The van der Waals surface area contributed by atoms with Crippen LogP contribution in [-0.2, 0) is 9.47 Å². The number of guanidine groups is 1. The number of aliphatic imine (C=N–C) groups is 1. The molecule has 0 radical (unpaired) electrons. The standard InChI is InChI=1S/C21H34N4O3S/c1-6-27-16-12-15(21(16)10-8-9-11-21)25-20(22-5)24-14(4)18-23-13(3)17(29-18)19(26)28-7-2/h14-16H,6-12H2,1-5H3,(H2,22,24,25). The lowest BCUT2D eigenvalue weighted by Gasteiger charge is -2.54. The average molecular weight is 423 g/mol. The summed E-state index contributed by atoms with van der Waals surface area (Å²) in [5.74, 6) is 0.470. The first-order chi connectivity index (χ1) is 13.9. The third-order valence-electron chi connectivity index (χ3n) is 6.22. The number of nitrogens with zero attached hydrogens (tertiary/aromatic N) is 2. The van der Waals surface area contributed by atoms with Crippen molar-refractivity contribution in [2.24, 2.45) is 10.4 Å². The maximum Gasteiger partial charge on any atom is 0.350 e. The molecule has 2 aliphatic carbocycles. The fraction of sp³-hybridized carbons (Fsp3) is 0.762. The normalized spacial score (nSPS) is 24.2. The summed E-state index contributed by atoms with van der Waals surface area (Å²) in [7, 11) is 1.79. The van der Waals surface area contributed by atoms with Gasteiger partial charge in [0.1, 0.15) is 9.88 Å². The van der Waals surface area contributed by atoms with Crippen LogP contribution in [0.5, 0.6) is 0 Å². The molecule has 0 aromatic carbocycles. The zero-order valence-corrected chi connectivity index (χ0v) is 19.0. The van der Waals surface area contributed by atoms with Crippen molar-refractivity contribution in [1.29, 1.82) is 0 Å². The van der Waals surface area contributed by atoms with Crippen LogP contribution >= 0.6 is 11.3 Å². The average Bonchev–Trinajstić information content (AvgIpc) is 3.35. The predicted molar refractivity (Wildman–Crippen MR) is 116 cm³/mol. The zero-order chi connectivity index (χ0) is 21.0. The summed E-state index contributed by atoms with van der Waals surface area (Å²) in [5, 5.41) is 7.93. The Bertz CT molecular complexity index is 742. The summed E-state index contributed by atoms with van der Waals surface area (Å²) < 4.78 is 11.1. The van der Waals surface area contributed by atoms with Crippen molar-refractivity contribution < 1.29 is 14.3 Å². The number of hydrogen-bond donors (Lipinski definition) is 2. The molecule has 3 unspecified atom stereocenters. The fourth-order valence-electron chi connectivity index (χ4n) is 4.68. The molecule has 2 N–H and O–H groups in total. The van der Waals surface area contributed by atoms with E-state index in [2.05, 4.69) is 27.5 Å². The van der Waals surface area contributed by atoms with E-state index in [1.807, 2.05) is 20.8 Å². The van der Waals surface area contributed by atoms with Gasteiger partial charge in [-0.3, -0.25) is 4.99 Å². The quantitative estimate of drug-likeness (QED) is 0.397. The molecule has 8 heteroatoms. The van der Waals surface area contributed by atoms with E-state index < -0.39 is 0 Å². The van der Waals surface area contributed by atoms with Gasteiger partial charge in [-0.2, -0.15) is 0 Å². The number of carbonyl (C=O) groups excluding carboxylic acids is 1. The lowest BCUT2D eigenvalue weighted by atomic mass is 9.60. The van der Waals surface area contributed by atoms with Gasteiger partial charge in [0.25, 0.3) is 0 Å². The Morgan fingerprint density at radius 3 is 2.69 bits per heavy atom. The topological polar surface area (TPSA) is 84.8 Å². The molecule has 2 saturated carbocycles. The molecule has 0 amide bonds. The van der Waals surface area contributed by atoms with E-state index >= 15 is 0 Å². The number of ether oxygens (including phenoxy) is 2. The summed E-state index contributed by atoms with van der Waals surface area (Å²) in [4.78, 5) is 21.7. The molecule has 3 rings (SSSR count). The van der Waals surface area contributed by atoms with E-state index in [4.69, 9.17) is 9.47 Å². The first-order valence-electron chi connectivity index (χ1n) is 10.7. The van der Waals surface area contributed by atoms with Gasteiger partial charge in [-0.05, 0) is 47.0 Å². The van der Waals surface area contributed by atoms with Gasteiger partial charge < -0.3 is 20.1 Å². The van der Waals surface area contributed by atoms with Gasteiger partial charge >= 0.3 is 5.97 Å². The fourth-order valence-corrected chi connectivity index (χ4v) is 5.64. The predicted octanol–water partition coefficient (Wildman–Crippen LogP) is 3.59. The summed E-state index contributed by atoms with van der Waals surface area (Å²) in [6, 6.07) is 0.323. The number of nitrogens with one attached hydrogen (secondary N) is 2. The van der Waals surface area contributed by atoms with Gasteiger partial charge in [-0.15, -0.1) is 11.3 Å². The van der Waals surface area contributed by atoms with E-state index in [0.717, 1.165) is 24.0 Å². The van der Waals surface area contributed by atoms with E-state index in [0.29, 0.717) is 29.3 Å². The second-order valence-corrected chi connectivity index (χ2v) is 8.97. The van der Waals surface area contributed by atoms with Crippen LogP contribution in [0.2, 0.25) is 0 Å². The Morgan fingerprint density at radius 1 is 1.34 bits per heavy atom. The van der Waals surface area contributed by atoms with Gasteiger partial charge in [0.15, 0.2) is 5.96 Å². The largest absolute Gasteiger partial charge is 0.462 e. The van der Waals surface area contributed by atoms with Crippen molar-refractivity contribution in [3.63, 3.8) is 0 Å². The van der Waals surface area contributed by atoms with E-state index in [1.165, 1.54) is 37.0 Å². The van der Waals surface area contributed by atoms with Crippen molar-refractivity contribution in [2.45, 2.75) is 78.0 Å². The Morgan fingerprint density at radius 2 is 2.07 bits per heavy atom. The minimum Gasteiger partial charge on any atom is -0.462 e. The van der Waals surface area contributed by atoms with E-state index in [9.17, 15) is 4.79 Å². The highest BCUT2D eigenvalue weighted by atomic mass is 32.1. The van der Waals surface area contributed by atoms with Crippen molar-refractivity contribution in [3.8, 4) is 0 Å². The molecule has 0 bridgehead atoms. The molecule has 2 aliphatic rings. The summed E-state index contributed by atoms with van der Waals surface area (Å²) in [6.45, 7) is 8.90. The minimum atomic E-state index is -0.303. The second kappa shape index (κ2) is 9.43. The van der Waals surface area contributed by atoms with E-state index in [1.54, 1.807) is 7.05 Å². The Hall–Kier alpha value is -1.67. The van der Waals surface area contributed by atoms with Crippen LogP contribution in [-0.4, -0.2) is 49.3 Å². The Balaban J connectivity index is 1.63. The highest BCUT2D eigenvalue weighted by Gasteiger charge is 2.57. The number of thiazole rings is 1. The molecule has 7 nitrogen and oxygen atoms in total. The molecule has 1 spiro atoms. The summed E-state index contributed by atoms with van der Waals surface area (Å²) >= 11 is 1.38. The minimum absolute atomic E-state index is 0.0598.